The Morgan fingerprint density at radius 2 is 2.00 bits per heavy atom. The Labute approximate surface area is 139 Å². The van der Waals surface area contributed by atoms with Crippen LogP contribution in [0.2, 0.25) is 0 Å². The van der Waals surface area contributed by atoms with Crippen molar-refractivity contribution >= 4 is 17.5 Å². The SMILES string of the molecule is CC(=O)Nc1ccc(F)c(C(=O)N2CCC[C@H]2c2ccncc2)c1. The van der Waals surface area contributed by atoms with Crippen molar-refractivity contribution in [3.63, 3.8) is 0 Å². The summed E-state index contributed by atoms with van der Waals surface area (Å²) in [6.45, 7) is 1.94. The number of rotatable bonds is 3. The minimum Gasteiger partial charge on any atom is -0.332 e. The fraction of sp³-hybridized carbons (Fsp3) is 0.278. The maximum atomic E-state index is 14.2. The van der Waals surface area contributed by atoms with Gasteiger partial charge < -0.3 is 10.2 Å². The summed E-state index contributed by atoms with van der Waals surface area (Å²) in [4.78, 5) is 29.7. The molecule has 1 aliphatic heterocycles. The van der Waals surface area contributed by atoms with E-state index in [4.69, 9.17) is 0 Å². The number of hydrogen-bond acceptors (Lipinski definition) is 3. The lowest BCUT2D eigenvalue weighted by Crippen LogP contribution is -2.31. The number of carbonyl (C=O) groups excluding carboxylic acids is 2. The van der Waals surface area contributed by atoms with Gasteiger partial charge in [0.2, 0.25) is 5.91 Å². The molecule has 6 heteroatoms. The van der Waals surface area contributed by atoms with Crippen LogP contribution in [0.3, 0.4) is 0 Å². The molecule has 2 heterocycles. The van der Waals surface area contributed by atoms with Gasteiger partial charge in [-0.2, -0.15) is 0 Å². The molecule has 2 aromatic rings. The fourth-order valence-corrected chi connectivity index (χ4v) is 3.07. The summed E-state index contributed by atoms with van der Waals surface area (Å²) in [5.74, 6) is -1.22. The van der Waals surface area contributed by atoms with E-state index >= 15 is 0 Å². The molecule has 1 saturated heterocycles. The maximum absolute atomic E-state index is 14.2. The molecule has 0 radical (unpaired) electrons. The maximum Gasteiger partial charge on any atom is 0.257 e. The zero-order chi connectivity index (χ0) is 17.1. The van der Waals surface area contributed by atoms with E-state index in [-0.39, 0.29) is 23.4 Å². The van der Waals surface area contributed by atoms with Gasteiger partial charge in [-0.1, -0.05) is 0 Å². The van der Waals surface area contributed by atoms with Crippen LogP contribution in [0.25, 0.3) is 0 Å². The Bertz CT molecular complexity index is 764. The zero-order valence-corrected chi connectivity index (χ0v) is 13.3. The van der Waals surface area contributed by atoms with Crippen molar-refractivity contribution in [2.24, 2.45) is 0 Å². The summed E-state index contributed by atoms with van der Waals surface area (Å²) in [6.07, 6.45) is 5.08. The third-order valence-corrected chi connectivity index (χ3v) is 4.12. The molecule has 0 aliphatic carbocycles. The van der Waals surface area contributed by atoms with Crippen molar-refractivity contribution in [3.8, 4) is 0 Å². The number of anilines is 1. The Morgan fingerprint density at radius 3 is 2.71 bits per heavy atom. The monoisotopic (exact) mass is 327 g/mol. The highest BCUT2D eigenvalue weighted by Gasteiger charge is 2.31. The van der Waals surface area contributed by atoms with Crippen molar-refractivity contribution in [1.82, 2.24) is 9.88 Å². The van der Waals surface area contributed by atoms with E-state index in [0.29, 0.717) is 12.2 Å². The van der Waals surface area contributed by atoms with Gasteiger partial charge in [0, 0.05) is 31.5 Å². The van der Waals surface area contributed by atoms with Crippen LogP contribution >= 0.6 is 0 Å². The lowest BCUT2D eigenvalue weighted by molar-refractivity contribution is -0.114. The topological polar surface area (TPSA) is 62.3 Å². The highest BCUT2D eigenvalue weighted by molar-refractivity contribution is 5.97. The number of pyridine rings is 1. The molecule has 0 unspecified atom stereocenters. The van der Waals surface area contributed by atoms with Crippen LogP contribution in [0.15, 0.2) is 42.7 Å². The average Bonchev–Trinajstić information content (AvgIpc) is 3.06. The molecule has 24 heavy (non-hydrogen) atoms. The summed E-state index contributed by atoms with van der Waals surface area (Å²) >= 11 is 0. The summed E-state index contributed by atoms with van der Waals surface area (Å²) < 4.78 is 14.2. The van der Waals surface area contributed by atoms with Crippen LogP contribution in [-0.2, 0) is 4.79 Å². The van der Waals surface area contributed by atoms with E-state index < -0.39 is 5.82 Å². The number of carbonyl (C=O) groups is 2. The van der Waals surface area contributed by atoms with E-state index in [2.05, 4.69) is 10.3 Å². The first-order valence-corrected chi connectivity index (χ1v) is 7.84. The normalized spacial score (nSPS) is 16.9. The van der Waals surface area contributed by atoms with Crippen LogP contribution in [0.4, 0.5) is 10.1 Å². The van der Waals surface area contributed by atoms with Crippen molar-refractivity contribution in [3.05, 3.63) is 59.7 Å². The van der Waals surface area contributed by atoms with Gasteiger partial charge in [0.05, 0.1) is 11.6 Å². The molecule has 5 nitrogen and oxygen atoms in total. The molecule has 1 N–H and O–H groups in total. The second-order valence-electron chi connectivity index (χ2n) is 5.81. The molecule has 1 aromatic carbocycles. The van der Waals surface area contributed by atoms with Gasteiger partial charge in [0.1, 0.15) is 5.82 Å². The predicted molar refractivity (Wildman–Crippen MR) is 88.0 cm³/mol. The molecule has 124 valence electrons. The average molecular weight is 327 g/mol. The summed E-state index contributed by atoms with van der Waals surface area (Å²) in [5.41, 5.74) is 1.38. The van der Waals surface area contributed by atoms with Gasteiger partial charge in [-0.25, -0.2) is 4.39 Å². The molecule has 1 aromatic heterocycles. The number of benzene rings is 1. The Kier molecular flexibility index (Phi) is 4.55. The van der Waals surface area contributed by atoms with Crippen LogP contribution in [0.1, 0.15) is 41.7 Å². The van der Waals surface area contributed by atoms with Gasteiger partial charge in [0.25, 0.3) is 5.91 Å². The summed E-state index contributed by atoms with van der Waals surface area (Å²) in [5, 5.41) is 2.58. The van der Waals surface area contributed by atoms with Gasteiger partial charge in [-0.3, -0.25) is 14.6 Å². The minimum absolute atomic E-state index is 0.0257. The van der Waals surface area contributed by atoms with E-state index in [0.717, 1.165) is 18.4 Å². The number of halogens is 1. The number of nitrogens with zero attached hydrogens (tertiary/aromatic N) is 2. The highest BCUT2D eigenvalue weighted by Crippen LogP contribution is 2.33. The number of aromatic nitrogens is 1. The molecule has 1 fully saturated rings. The number of hydrogen-bond donors (Lipinski definition) is 1. The fourth-order valence-electron chi connectivity index (χ4n) is 3.07. The molecule has 1 atom stereocenters. The van der Waals surface area contributed by atoms with E-state index in [1.807, 2.05) is 12.1 Å². The van der Waals surface area contributed by atoms with Gasteiger partial charge in [-0.15, -0.1) is 0 Å². The van der Waals surface area contributed by atoms with Crippen molar-refractivity contribution in [2.75, 3.05) is 11.9 Å². The molecular formula is C18H18FN3O2. The van der Waals surface area contributed by atoms with Crippen LogP contribution < -0.4 is 5.32 Å². The highest BCUT2D eigenvalue weighted by atomic mass is 19.1. The molecule has 0 spiro atoms. The predicted octanol–water partition coefficient (Wildman–Crippen LogP) is 3.16. The zero-order valence-electron chi connectivity index (χ0n) is 13.3. The van der Waals surface area contributed by atoms with Crippen LogP contribution in [0.5, 0.6) is 0 Å². The number of likely N-dealkylation sites (tertiary alicyclic amines) is 1. The molecular weight excluding hydrogens is 309 g/mol. The van der Waals surface area contributed by atoms with Gasteiger partial charge in [0.15, 0.2) is 0 Å². The summed E-state index contributed by atoms with van der Waals surface area (Å²) in [6, 6.07) is 7.71. The lowest BCUT2D eigenvalue weighted by Gasteiger charge is -2.25. The molecule has 3 rings (SSSR count). The van der Waals surface area contributed by atoms with Crippen LogP contribution in [-0.4, -0.2) is 28.2 Å². The van der Waals surface area contributed by atoms with Crippen LogP contribution in [0, 0.1) is 5.82 Å². The van der Waals surface area contributed by atoms with E-state index in [9.17, 15) is 14.0 Å². The Balaban J connectivity index is 1.89. The van der Waals surface area contributed by atoms with Crippen molar-refractivity contribution in [1.29, 1.82) is 0 Å². The second kappa shape index (κ2) is 6.78. The molecule has 0 bridgehead atoms. The first kappa shape index (κ1) is 16.1. The smallest absolute Gasteiger partial charge is 0.257 e. The van der Waals surface area contributed by atoms with Crippen molar-refractivity contribution in [2.45, 2.75) is 25.8 Å². The van der Waals surface area contributed by atoms with Gasteiger partial charge >= 0.3 is 0 Å². The molecule has 2 amide bonds. The van der Waals surface area contributed by atoms with Crippen molar-refractivity contribution < 1.29 is 14.0 Å². The minimum atomic E-state index is -0.588. The largest absolute Gasteiger partial charge is 0.332 e. The Hall–Kier alpha value is -2.76. The third-order valence-electron chi connectivity index (χ3n) is 4.12. The third kappa shape index (κ3) is 3.27. The second-order valence-corrected chi connectivity index (χ2v) is 5.81. The number of amides is 2. The summed E-state index contributed by atoms with van der Waals surface area (Å²) in [7, 11) is 0. The Morgan fingerprint density at radius 1 is 1.25 bits per heavy atom. The molecule has 1 aliphatic rings. The standard InChI is InChI=1S/C18H18FN3O2/c1-12(23)21-14-4-5-16(19)15(11-14)18(24)22-10-2-3-17(22)13-6-8-20-9-7-13/h4-9,11,17H,2-3,10H2,1H3,(H,21,23)/t17-/m0/s1. The molecule has 0 saturated carbocycles. The van der Waals surface area contributed by atoms with Gasteiger partial charge in [-0.05, 0) is 48.7 Å². The van der Waals surface area contributed by atoms with E-state index in [1.54, 1.807) is 17.3 Å². The first-order valence-electron chi connectivity index (χ1n) is 7.84. The quantitative estimate of drug-likeness (QED) is 0.942. The first-order chi connectivity index (χ1) is 11.6. The number of nitrogens with one attached hydrogen (secondary N) is 1. The lowest BCUT2D eigenvalue weighted by atomic mass is 10.1. The van der Waals surface area contributed by atoms with E-state index in [1.165, 1.54) is 25.1 Å².